The Kier molecular flexibility index (Phi) is 18.3. The molecule has 0 spiro atoms. The van der Waals surface area contributed by atoms with Gasteiger partial charge in [-0.15, -0.1) is 6.58 Å². The van der Waals surface area contributed by atoms with Crippen molar-refractivity contribution in [1.82, 2.24) is 0 Å². The minimum Gasteiger partial charge on any atom is -0.493 e. The number of alkyl halides is 4. The van der Waals surface area contributed by atoms with Gasteiger partial charge in [-0.3, -0.25) is 0 Å². The molecule has 4 aromatic rings. The molecule has 0 bridgehead atoms. The Bertz CT molecular complexity index is 1790. The molecule has 0 aliphatic heterocycles. The van der Waals surface area contributed by atoms with E-state index in [1.54, 1.807) is 0 Å². The third-order valence-corrected chi connectivity index (χ3v) is 9.59. The molecule has 0 aromatic heterocycles. The highest BCUT2D eigenvalue weighted by Crippen LogP contribution is 2.36. The van der Waals surface area contributed by atoms with Gasteiger partial charge in [-0.05, 0) is 80.1 Å². The molecule has 0 unspecified atom stereocenters. The summed E-state index contributed by atoms with van der Waals surface area (Å²) < 4.78 is 160. The summed E-state index contributed by atoms with van der Waals surface area (Å²) in [6, 6.07) is 9.55. The maximum absolute atomic E-state index is 14.5. The second kappa shape index (κ2) is 23.1. The normalized spacial score (nSPS) is 11.8. The van der Waals surface area contributed by atoms with Gasteiger partial charge < -0.3 is 18.9 Å². The van der Waals surface area contributed by atoms with E-state index < -0.39 is 69.7 Å². The molecule has 0 saturated heterocycles. The van der Waals surface area contributed by atoms with E-state index in [0.29, 0.717) is 56.2 Å². The third kappa shape index (κ3) is 15.3. The Morgan fingerprint density at radius 1 is 0.424 bits per heavy atom. The van der Waals surface area contributed by atoms with E-state index in [9.17, 15) is 43.9 Å². The maximum atomic E-state index is 14.5. The number of halogens is 10. The van der Waals surface area contributed by atoms with Gasteiger partial charge in [-0.1, -0.05) is 70.3 Å². The summed E-state index contributed by atoms with van der Waals surface area (Å²) in [6.45, 7) is 4.57. The zero-order valence-corrected chi connectivity index (χ0v) is 32.5. The number of hydrogen-bond acceptors (Lipinski definition) is 4. The molecule has 0 aliphatic rings. The molecule has 0 heterocycles. The second-order valence-electron chi connectivity index (χ2n) is 14.2. The summed E-state index contributed by atoms with van der Waals surface area (Å²) in [6.07, 6.45) is 7.54. The molecule has 4 aromatic carbocycles. The van der Waals surface area contributed by atoms with Crippen molar-refractivity contribution in [3.63, 3.8) is 0 Å². The topological polar surface area (TPSA) is 36.9 Å². The predicted octanol–water partition coefficient (Wildman–Crippen LogP) is 14.5. The third-order valence-electron chi connectivity index (χ3n) is 9.59. The first kappa shape index (κ1) is 46.8. The Morgan fingerprint density at radius 3 is 1.12 bits per heavy atom. The molecule has 0 aliphatic carbocycles. The quantitative estimate of drug-likeness (QED) is 0.0340. The van der Waals surface area contributed by atoms with Crippen LogP contribution < -0.4 is 18.9 Å². The Balaban J connectivity index is 0.983. The smallest absolute Gasteiger partial charge is 0.429 e. The van der Waals surface area contributed by atoms with E-state index in [0.717, 1.165) is 113 Å². The summed E-state index contributed by atoms with van der Waals surface area (Å²) in [5, 5.41) is 0. The summed E-state index contributed by atoms with van der Waals surface area (Å²) in [5.41, 5.74) is -2.13. The molecular formula is C45H48F10O4. The average molecular weight is 843 g/mol. The molecule has 4 nitrogen and oxygen atoms in total. The van der Waals surface area contributed by atoms with Crippen molar-refractivity contribution in [2.24, 2.45) is 5.92 Å². The lowest BCUT2D eigenvalue weighted by atomic mass is 9.94. The fourth-order valence-electron chi connectivity index (χ4n) is 6.32. The van der Waals surface area contributed by atoms with E-state index in [-0.39, 0.29) is 11.5 Å². The highest BCUT2D eigenvalue weighted by atomic mass is 19.3. The summed E-state index contributed by atoms with van der Waals surface area (Å²) in [5.74, 6) is -8.40. The van der Waals surface area contributed by atoms with Gasteiger partial charge in [0.25, 0.3) is 0 Å². The molecule has 322 valence electrons. The van der Waals surface area contributed by atoms with E-state index >= 15 is 0 Å². The molecule has 0 atom stereocenters. The number of unbranched alkanes of at least 4 members (excludes halogenated alkanes) is 10. The molecule has 0 N–H and O–H groups in total. The highest BCUT2D eigenvalue weighted by molar-refractivity contribution is 5.33. The van der Waals surface area contributed by atoms with Gasteiger partial charge in [0.15, 0.2) is 23.3 Å². The van der Waals surface area contributed by atoms with Crippen molar-refractivity contribution in [3.8, 4) is 23.0 Å². The van der Waals surface area contributed by atoms with E-state index in [2.05, 4.69) is 16.1 Å². The van der Waals surface area contributed by atoms with Gasteiger partial charge >= 0.3 is 12.2 Å². The van der Waals surface area contributed by atoms with Gasteiger partial charge in [0, 0.05) is 24.3 Å². The molecule has 0 radical (unpaired) electrons. The predicted molar refractivity (Wildman–Crippen MR) is 204 cm³/mol. The lowest BCUT2D eigenvalue weighted by Gasteiger charge is -2.19. The molecular weight excluding hydrogens is 794 g/mol. The zero-order valence-electron chi connectivity index (χ0n) is 32.5. The zero-order chi connectivity index (χ0) is 42.8. The summed E-state index contributed by atoms with van der Waals surface area (Å²) >= 11 is 0. The van der Waals surface area contributed by atoms with Crippen LogP contribution in [0.5, 0.6) is 23.0 Å². The highest BCUT2D eigenvalue weighted by Gasteiger charge is 2.39. The van der Waals surface area contributed by atoms with Crippen molar-refractivity contribution in [2.75, 3.05) is 13.2 Å². The number of rotatable bonds is 27. The maximum Gasteiger partial charge on any atom is 0.429 e. The van der Waals surface area contributed by atoms with Gasteiger partial charge in [-0.25, -0.2) is 26.3 Å². The molecule has 0 amide bonds. The van der Waals surface area contributed by atoms with E-state index in [4.69, 9.17) is 9.47 Å². The number of allylic oxidation sites excluding steroid dienone is 1. The van der Waals surface area contributed by atoms with E-state index in [1.165, 1.54) is 12.1 Å². The van der Waals surface area contributed by atoms with Crippen LogP contribution in [0.25, 0.3) is 0 Å². The number of ether oxygens (including phenoxy) is 4. The first-order chi connectivity index (χ1) is 28.2. The van der Waals surface area contributed by atoms with Gasteiger partial charge in [-0.2, -0.15) is 17.6 Å². The lowest BCUT2D eigenvalue weighted by Crippen LogP contribution is -2.23. The number of benzene rings is 4. The molecule has 0 fully saturated rings. The molecule has 0 saturated carbocycles. The molecule has 14 heteroatoms. The van der Waals surface area contributed by atoms with Crippen molar-refractivity contribution < 1.29 is 62.9 Å². The fraction of sp³-hybridized carbons (Fsp3) is 0.422. The van der Waals surface area contributed by atoms with Crippen LogP contribution >= 0.6 is 0 Å². The fourth-order valence-corrected chi connectivity index (χ4v) is 6.32. The Morgan fingerprint density at radius 2 is 0.763 bits per heavy atom. The van der Waals surface area contributed by atoms with Gasteiger partial charge in [0.2, 0.25) is 0 Å². The first-order valence-corrected chi connectivity index (χ1v) is 19.7. The minimum atomic E-state index is -4.13. The monoisotopic (exact) mass is 842 g/mol. The number of hydrogen-bond donors (Lipinski definition) is 0. The van der Waals surface area contributed by atoms with Gasteiger partial charge in [0.1, 0.15) is 45.8 Å². The first-order valence-electron chi connectivity index (χ1n) is 19.7. The average Bonchev–Trinajstić information content (AvgIpc) is 3.18. The van der Waals surface area contributed by atoms with Crippen LogP contribution in [0.1, 0.15) is 101 Å². The standard InChI is InChI=1S/C45H48F10O4/c1-2-31(15-11-7-3-5-9-13-25-56-32-17-21-36(40(48)27-32)44(52,53)58-34-19-23-38(46)42(50)29-34)16-12-8-4-6-10-14-26-57-33-18-22-37(41(49)28-33)45(54,55)59-35-20-24-39(47)43(51)30-35/h2,17-24,27-31H,1,3-16,25-26H2. The molecule has 59 heavy (non-hydrogen) atoms. The summed E-state index contributed by atoms with van der Waals surface area (Å²) in [7, 11) is 0. The summed E-state index contributed by atoms with van der Waals surface area (Å²) in [4.78, 5) is 0. The SMILES string of the molecule is C=CC(CCCCCCCCOc1ccc(C(F)(F)Oc2ccc(F)c(F)c2)c(F)c1)CCCCCCCCOc1ccc(C(F)(F)Oc2ccc(F)c(F)c2)c(F)c1. The minimum absolute atomic E-state index is 0.0877. The molecule has 4 rings (SSSR count). The van der Waals surface area contributed by atoms with Crippen LogP contribution in [0.4, 0.5) is 43.9 Å². The van der Waals surface area contributed by atoms with Crippen LogP contribution in [0.3, 0.4) is 0 Å². The van der Waals surface area contributed by atoms with Crippen LogP contribution in [0.15, 0.2) is 85.5 Å². The van der Waals surface area contributed by atoms with Crippen molar-refractivity contribution in [1.29, 1.82) is 0 Å². The van der Waals surface area contributed by atoms with Crippen molar-refractivity contribution in [2.45, 2.75) is 102 Å². The Labute approximate surface area is 338 Å². The second-order valence-corrected chi connectivity index (χ2v) is 14.2. The largest absolute Gasteiger partial charge is 0.493 e. The van der Waals surface area contributed by atoms with Crippen LogP contribution in [-0.2, 0) is 12.2 Å². The van der Waals surface area contributed by atoms with Crippen LogP contribution in [-0.4, -0.2) is 13.2 Å². The van der Waals surface area contributed by atoms with Crippen molar-refractivity contribution >= 4 is 0 Å². The van der Waals surface area contributed by atoms with Crippen LogP contribution in [0, 0.1) is 40.8 Å². The van der Waals surface area contributed by atoms with Gasteiger partial charge in [0.05, 0.1) is 13.2 Å². The van der Waals surface area contributed by atoms with Crippen LogP contribution in [0.2, 0.25) is 0 Å². The van der Waals surface area contributed by atoms with E-state index in [1.807, 2.05) is 6.08 Å². The van der Waals surface area contributed by atoms with Crippen molar-refractivity contribution in [3.05, 3.63) is 131 Å². The lowest BCUT2D eigenvalue weighted by molar-refractivity contribution is -0.188. The Hall–Kier alpha value is -4.88.